The van der Waals surface area contributed by atoms with E-state index in [1.807, 2.05) is 18.2 Å². The van der Waals surface area contributed by atoms with E-state index in [0.717, 1.165) is 29.4 Å². The van der Waals surface area contributed by atoms with Crippen LogP contribution in [0.4, 0.5) is 10.1 Å². The van der Waals surface area contributed by atoms with Crippen LogP contribution in [0.5, 0.6) is 0 Å². The molecule has 32 heavy (non-hydrogen) atoms. The SMILES string of the molecule is O=C1[C@H]2[C@H](CCN2C(=O)[C@@H]2CCOC2)CN1c1cccc2c1cnn2-c1ccccc1F. The Morgan fingerprint density at radius 2 is 1.94 bits per heavy atom. The molecule has 3 fully saturated rings. The summed E-state index contributed by atoms with van der Waals surface area (Å²) in [6.45, 7) is 2.24. The number of amides is 2. The lowest BCUT2D eigenvalue weighted by atomic mass is 10.0. The zero-order valence-corrected chi connectivity index (χ0v) is 17.5. The normalized spacial score (nSPS) is 25.2. The lowest BCUT2D eigenvalue weighted by Crippen LogP contribution is -2.46. The third kappa shape index (κ3) is 2.86. The van der Waals surface area contributed by atoms with Crippen LogP contribution >= 0.6 is 0 Å². The smallest absolute Gasteiger partial charge is 0.250 e. The van der Waals surface area contributed by atoms with Gasteiger partial charge in [0.15, 0.2) is 0 Å². The largest absolute Gasteiger partial charge is 0.381 e. The van der Waals surface area contributed by atoms with Gasteiger partial charge in [0.05, 0.1) is 29.9 Å². The molecule has 3 aliphatic rings. The van der Waals surface area contributed by atoms with Crippen molar-refractivity contribution in [2.45, 2.75) is 18.9 Å². The molecule has 1 aromatic heterocycles. The van der Waals surface area contributed by atoms with Crippen molar-refractivity contribution >= 4 is 28.4 Å². The number of fused-ring (bicyclic) bond motifs is 2. The number of likely N-dealkylation sites (tertiary alicyclic amines) is 1. The predicted molar refractivity (Wildman–Crippen MR) is 116 cm³/mol. The minimum atomic E-state index is -0.417. The minimum absolute atomic E-state index is 0.0378. The molecule has 3 atom stereocenters. The van der Waals surface area contributed by atoms with Gasteiger partial charge in [-0.25, -0.2) is 9.07 Å². The quantitative estimate of drug-likeness (QED) is 0.636. The van der Waals surface area contributed by atoms with E-state index in [1.54, 1.807) is 38.9 Å². The first-order valence-corrected chi connectivity index (χ1v) is 11.0. The third-order valence-electron chi connectivity index (χ3n) is 6.98. The highest BCUT2D eigenvalue weighted by atomic mass is 19.1. The highest BCUT2D eigenvalue weighted by molar-refractivity contribution is 6.08. The summed E-state index contributed by atoms with van der Waals surface area (Å²) in [4.78, 5) is 30.1. The van der Waals surface area contributed by atoms with Gasteiger partial charge in [-0.1, -0.05) is 18.2 Å². The van der Waals surface area contributed by atoms with E-state index in [1.165, 1.54) is 6.07 Å². The summed E-state index contributed by atoms with van der Waals surface area (Å²) in [5.41, 5.74) is 1.84. The molecule has 3 aromatic rings. The Morgan fingerprint density at radius 3 is 2.75 bits per heavy atom. The number of hydrogen-bond acceptors (Lipinski definition) is 4. The molecule has 2 aromatic carbocycles. The summed E-state index contributed by atoms with van der Waals surface area (Å²) >= 11 is 0. The van der Waals surface area contributed by atoms with Gasteiger partial charge in [0.1, 0.15) is 17.5 Å². The Morgan fingerprint density at radius 1 is 1.09 bits per heavy atom. The summed E-state index contributed by atoms with van der Waals surface area (Å²) in [5, 5.41) is 5.19. The number of aromatic nitrogens is 2. The van der Waals surface area contributed by atoms with Crippen molar-refractivity contribution in [3.05, 3.63) is 54.5 Å². The average Bonchev–Trinajstić information content (AvgIpc) is 3.59. The lowest BCUT2D eigenvalue weighted by Gasteiger charge is -2.26. The summed E-state index contributed by atoms with van der Waals surface area (Å²) in [5.74, 6) is -0.398. The topological polar surface area (TPSA) is 67.7 Å². The number of para-hydroxylation sites is 1. The Bertz CT molecular complexity index is 1220. The number of hydrogen-bond donors (Lipinski definition) is 0. The molecule has 0 bridgehead atoms. The van der Waals surface area contributed by atoms with Crippen molar-refractivity contribution in [1.29, 1.82) is 0 Å². The molecule has 8 heteroatoms. The fourth-order valence-corrected chi connectivity index (χ4v) is 5.38. The zero-order chi connectivity index (χ0) is 21.8. The second-order valence-corrected chi connectivity index (χ2v) is 8.75. The van der Waals surface area contributed by atoms with Gasteiger partial charge in [0.2, 0.25) is 11.8 Å². The van der Waals surface area contributed by atoms with Crippen molar-refractivity contribution in [1.82, 2.24) is 14.7 Å². The molecule has 0 N–H and O–H groups in total. The Labute approximate surface area is 184 Å². The molecule has 164 valence electrons. The summed E-state index contributed by atoms with van der Waals surface area (Å²) in [6.07, 6.45) is 3.22. The number of rotatable bonds is 3. The van der Waals surface area contributed by atoms with E-state index in [4.69, 9.17) is 4.74 Å². The Kier molecular flexibility index (Phi) is 4.50. The van der Waals surface area contributed by atoms with Crippen molar-refractivity contribution < 1.29 is 18.7 Å². The first-order chi connectivity index (χ1) is 15.6. The number of benzene rings is 2. The number of ether oxygens (including phenoxy) is 1. The molecule has 6 rings (SSSR count). The van der Waals surface area contributed by atoms with Crippen LogP contribution in [0.1, 0.15) is 12.8 Å². The number of halogens is 1. The average molecular weight is 434 g/mol. The molecular formula is C24H23FN4O3. The monoisotopic (exact) mass is 434 g/mol. The van der Waals surface area contributed by atoms with Gasteiger partial charge < -0.3 is 14.5 Å². The van der Waals surface area contributed by atoms with Crippen LogP contribution < -0.4 is 4.90 Å². The number of carbonyl (C=O) groups is 2. The number of nitrogens with zero attached hydrogens (tertiary/aromatic N) is 4. The van der Waals surface area contributed by atoms with Gasteiger partial charge in [-0.3, -0.25) is 9.59 Å². The van der Waals surface area contributed by atoms with Crippen molar-refractivity contribution in [2.75, 3.05) is 31.2 Å². The van der Waals surface area contributed by atoms with Crippen LogP contribution in [0.15, 0.2) is 48.7 Å². The van der Waals surface area contributed by atoms with Crippen molar-refractivity contribution in [2.24, 2.45) is 11.8 Å². The molecule has 3 aliphatic heterocycles. The lowest BCUT2D eigenvalue weighted by molar-refractivity contribution is -0.140. The van der Waals surface area contributed by atoms with Crippen LogP contribution in [0.25, 0.3) is 16.6 Å². The standard InChI is InChI=1S/C24H23FN4O3/c25-18-4-1-2-5-21(18)29-20-7-3-6-19(17(20)12-26-29)28-13-15-8-10-27(22(15)24(28)31)23(30)16-9-11-32-14-16/h1-7,12,15-16,22H,8-11,13-14H2/t15-,16-,22-/m1/s1. The summed E-state index contributed by atoms with van der Waals surface area (Å²) in [7, 11) is 0. The molecule has 7 nitrogen and oxygen atoms in total. The van der Waals surface area contributed by atoms with Crippen LogP contribution in [0, 0.1) is 17.7 Å². The Hall–Kier alpha value is -3.26. The molecular weight excluding hydrogens is 411 g/mol. The molecule has 0 aliphatic carbocycles. The van der Waals surface area contributed by atoms with Crippen LogP contribution in [-0.4, -0.2) is 58.8 Å². The van der Waals surface area contributed by atoms with Crippen molar-refractivity contribution in [3.63, 3.8) is 0 Å². The van der Waals surface area contributed by atoms with Gasteiger partial charge in [0.25, 0.3) is 0 Å². The Balaban J connectivity index is 1.34. The molecule has 4 heterocycles. The van der Waals surface area contributed by atoms with E-state index in [0.29, 0.717) is 32.0 Å². The van der Waals surface area contributed by atoms with Gasteiger partial charge in [-0.2, -0.15) is 5.10 Å². The van der Waals surface area contributed by atoms with Crippen molar-refractivity contribution in [3.8, 4) is 5.69 Å². The number of anilines is 1. The summed E-state index contributed by atoms with van der Waals surface area (Å²) < 4.78 is 21.3. The second-order valence-electron chi connectivity index (χ2n) is 8.75. The van der Waals surface area contributed by atoms with Gasteiger partial charge in [-0.05, 0) is 37.1 Å². The highest BCUT2D eigenvalue weighted by Crippen LogP contribution is 2.39. The van der Waals surface area contributed by atoms with E-state index in [9.17, 15) is 14.0 Å². The first kappa shape index (κ1) is 19.4. The van der Waals surface area contributed by atoms with Crippen LogP contribution in [0.3, 0.4) is 0 Å². The highest BCUT2D eigenvalue weighted by Gasteiger charge is 2.51. The van der Waals surface area contributed by atoms with E-state index < -0.39 is 6.04 Å². The molecule has 0 unspecified atom stereocenters. The molecule has 0 radical (unpaired) electrons. The van der Waals surface area contributed by atoms with Gasteiger partial charge in [0, 0.05) is 31.0 Å². The molecule has 3 saturated heterocycles. The van der Waals surface area contributed by atoms with Gasteiger partial charge in [-0.15, -0.1) is 0 Å². The summed E-state index contributed by atoms with van der Waals surface area (Å²) in [6, 6.07) is 11.7. The van der Waals surface area contributed by atoms with Crippen LogP contribution in [-0.2, 0) is 14.3 Å². The molecule has 0 spiro atoms. The zero-order valence-electron chi connectivity index (χ0n) is 17.5. The maximum atomic E-state index is 14.4. The van der Waals surface area contributed by atoms with E-state index in [-0.39, 0.29) is 29.5 Å². The van der Waals surface area contributed by atoms with Gasteiger partial charge >= 0.3 is 0 Å². The second kappa shape index (κ2) is 7.41. The molecule has 0 saturated carbocycles. The molecule has 2 amide bonds. The fourth-order valence-electron chi connectivity index (χ4n) is 5.38. The maximum Gasteiger partial charge on any atom is 0.250 e. The van der Waals surface area contributed by atoms with E-state index in [2.05, 4.69) is 5.10 Å². The van der Waals surface area contributed by atoms with Crippen LogP contribution in [0.2, 0.25) is 0 Å². The first-order valence-electron chi connectivity index (χ1n) is 11.0. The minimum Gasteiger partial charge on any atom is -0.381 e. The third-order valence-corrected chi connectivity index (χ3v) is 6.98. The maximum absolute atomic E-state index is 14.4. The fraction of sp³-hybridized carbons (Fsp3) is 0.375. The number of carbonyl (C=O) groups excluding carboxylic acids is 2. The van der Waals surface area contributed by atoms with E-state index >= 15 is 0 Å². The predicted octanol–water partition coefficient (Wildman–Crippen LogP) is 2.76.